The predicted molar refractivity (Wildman–Crippen MR) is 211 cm³/mol. The molecule has 0 fully saturated rings. The summed E-state index contributed by atoms with van der Waals surface area (Å²) >= 11 is 0. The van der Waals surface area contributed by atoms with Crippen molar-refractivity contribution in [3.05, 3.63) is 164 Å². The first-order valence-electron chi connectivity index (χ1n) is 19.4. The minimum atomic E-state index is -0.248. The van der Waals surface area contributed by atoms with E-state index < -0.39 is 0 Å². The molecule has 0 saturated carbocycles. The standard InChI is InChI=1S/C47H27N3O2/c1-2-11-30(12-3-1)45-48-46(32-23-22-29-21-20-28-10-4-5-13-33(28)38(29)27-32)50-47(49-45)37-17-9-19-42-43(37)39-26-31(24-25-41(39)51-42)34-15-8-16-36-35-14-6-7-18-40(35)52-44(34)36/h1-27H/i17D,19D,24D,25D,26D. The van der Waals surface area contributed by atoms with Gasteiger partial charge in [-0.1, -0.05) is 133 Å². The topological polar surface area (TPSA) is 65.0 Å². The van der Waals surface area contributed by atoms with E-state index in [1.54, 1.807) is 6.07 Å². The lowest BCUT2D eigenvalue weighted by molar-refractivity contribution is 0.668. The second kappa shape index (κ2) is 11.2. The van der Waals surface area contributed by atoms with Crippen LogP contribution >= 0.6 is 0 Å². The van der Waals surface area contributed by atoms with Crippen molar-refractivity contribution in [2.45, 2.75) is 0 Å². The van der Waals surface area contributed by atoms with Crippen molar-refractivity contribution in [2.75, 3.05) is 0 Å². The highest BCUT2D eigenvalue weighted by Gasteiger charge is 2.20. The monoisotopic (exact) mass is 670 g/mol. The molecular formula is C47H27N3O2. The van der Waals surface area contributed by atoms with Crippen LogP contribution in [0.1, 0.15) is 6.85 Å². The maximum absolute atomic E-state index is 9.74. The first-order valence-corrected chi connectivity index (χ1v) is 16.9. The summed E-state index contributed by atoms with van der Waals surface area (Å²) in [5, 5.41) is 6.46. The molecule has 0 bridgehead atoms. The molecule has 0 atom stereocenters. The second-order valence-electron chi connectivity index (χ2n) is 12.7. The number of para-hydroxylation sites is 2. The molecule has 11 rings (SSSR count). The van der Waals surface area contributed by atoms with Gasteiger partial charge in [-0.05, 0) is 57.4 Å². The smallest absolute Gasteiger partial charge is 0.164 e. The van der Waals surface area contributed by atoms with E-state index in [0.29, 0.717) is 28.4 Å². The van der Waals surface area contributed by atoms with E-state index >= 15 is 0 Å². The van der Waals surface area contributed by atoms with Gasteiger partial charge >= 0.3 is 0 Å². The normalized spacial score (nSPS) is 13.2. The minimum Gasteiger partial charge on any atom is -0.456 e. The third-order valence-corrected chi connectivity index (χ3v) is 9.70. The molecule has 0 aliphatic heterocycles. The largest absolute Gasteiger partial charge is 0.456 e. The lowest BCUT2D eigenvalue weighted by Gasteiger charge is -2.11. The molecule has 5 nitrogen and oxygen atoms in total. The van der Waals surface area contributed by atoms with Gasteiger partial charge in [0.25, 0.3) is 0 Å². The van der Waals surface area contributed by atoms with Crippen LogP contribution in [-0.4, -0.2) is 15.0 Å². The summed E-state index contributed by atoms with van der Waals surface area (Å²) in [4.78, 5) is 14.9. The van der Waals surface area contributed by atoms with Gasteiger partial charge in [0, 0.05) is 43.8 Å². The Morgan fingerprint density at radius 1 is 0.404 bits per heavy atom. The van der Waals surface area contributed by atoms with Gasteiger partial charge in [-0.3, -0.25) is 0 Å². The zero-order valence-electron chi connectivity index (χ0n) is 32.4. The van der Waals surface area contributed by atoms with Gasteiger partial charge < -0.3 is 8.83 Å². The van der Waals surface area contributed by atoms with Gasteiger partial charge in [-0.25, -0.2) is 15.0 Å². The summed E-state index contributed by atoms with van der Waals surface area (Å²) in [6, 6.07) is 41.9. The van der Waals surface area contributed by atoms with E-state index in [2.05, 4.69) is 30.3 Å². The molecule has 0 radical (unpaired) electrons. The van der Waals surface area contributed by atoms with Crippen LogP contribution in [0.3, 0.4) is 0 Å². The third kappa shape index (κ3) is 4.46. The van der Waals surface area contributed by atoms with Crippen LogP contribution in [0.25, 0.3) is 111 Å². The lowest BCUT2D eigenvalue weighted by Crippen LogP contribution is -2.00. The quantitative estimate of drug-likeness (QED) is 0.174. The van der Waals surface area contributed by atoms with Gasteiger partial charge in [0.2, 0.25) is 0 Å². The van der Waals surface area contributed by atoms with Crippen LogP contribution in [0.2, 0.25) is 0 Å². The number of nitrogens with zero attached hydrogens (tertiary/aromatic N) is 3. The molecule has 0 amide bonds. The maximum atomic E-state index is 9.74. The number of rotatable bonds is 4. The highest BCUT2D eigenvalue weighted by molar-refractivity contribution is 6.15. The van der Waals surface area contributed by atoms with E-state index in [-0.39, 0.29) is 69.1 Å². The summed E-state index contributed by atoms with van der Waals surface area (Å²) in [5.74, 6) is 0.903. The van der Waals surface area contributed by atoms with Crippen LogP contribution in [0.5, 0.6) is 0 Å². The van der Waals surface area contributed by atoms with Crippen LogP contribution in [0.4, 0.5) is 0 Å². The van der Waals surface area contributed by atoms with Gasteiger partial charge in [0.1, 0.15) is 22.3 Å². The Labute approximate surface area is 304 Å². The van der Waals surface area contributed by atoms with Crippen LogP contribution in [-0.2, 0) is 0 Å². The number of fused-ring (bicyclic) bond motifs is 9. The van der Waals surface area contributed by atoms with E-state index in [4.69, 9.17) is 25.2 Å². The molecule has 0 saturated heterocycles. The molecule has 3 aromatic heterocycles. The Hall–Kier alpha value is -7.11. The highest BCUT2D eigenvalue weighted by Crippen LogP contribution is 2.41. The number of furan rings is 2. The van der Waals surface area contributed by atoms with Crippen molar-refractivity contribution in [3.8, 4) is 45.3 Å². The summed E-state index contributed by atoms with van der Waals surface area (Å²) in [7, 11) is 0. The predicted octanol–water partition coefficient (Wildman–Crippen LogP) is 12.6. The van der Waals surface area contributed by atoms with Crippen LogP contribution in [0.15, 0.2) is 173 Å². The summed E-state index contributed by atoms with van der Waals surface area (Å²) < 4.78 is 58.9. The molecule has 8 aromatic carbocycles. The van der Waals surface area contributed by atoms with Crippen molar-refractivity contribution >= 4 is 65.4 Å². The summed E-state index contributed by atoms with van der Waals surface area (Å²) in [6.07, 6.45) is 0. The summed E-state index contributed by atoms with van der Waals surface area (Å²) in [5.41, 5.74) is 3.56. The van der Waals surface area contributed by atoms with E-state index in [1.807, 2.05) is 91.0 Å². The molecule has 242 valence electrons. The SMILES string of the molecule is [2H]c1cc([2H])c2oc3c([2H])c([2H])c(-c4cccc5c4oc4ccccc45)c([2H])c3c2c1-c1nc(-c2ccccc2)nc(-c2ccc3ccc4ccccc4c3c2)n1. The maximum Gasteiger partial charge on any atom is 0.164 e. The van der Waals surface area contributed by atoms with Gasteiger partial charge in [-0.2, -0.15) is 0 Å². The Bertz CT molecular complexity index is 3490. The molecule has 0 N–H and O–H groups in total. The van der Waals surface area contributed by atoms with Crippen molar-refractivity contribution in [1.82, 2.24) is 15.0 Å². The second-order valence-corrected chi connectivity index (χ2v) is 12.7. The van der Waals surface area contributed by atoms with Gasteiger partial charge in [0.15, 0.2) is 17.5 Å². The Morgan fingerprint density at radius 2 is 1.13 bits per heavy atom. The minimum absolute atomic E-state index is 0.0279. The van der Waals surface area contributed by atoms with Crippen molar-refractivity contribution in [1.29, 1.82) is 0 Å². The van der Waals surface area contributed by atoms with Gasteiger partial charge in [-0.15, -0.1) is 0 Å². The Kier molecular flexibility index (Phi) is 5.19. The van der Waals surface area contributed by atoms with Gasteiger partial charge in [0.05, 0.1) is 6.85 Å². The Balaban J connectivity index is 1.21. The van der Waals surface area contributed by atoms with Crippen LogP contribution in [0, 0.1) is 0 Å². The number of benzene rings is 8. The molecular weight excluding hydrogens is 639 g/mol. The first-order chi connectivity index (χ1) is 27.8. The molecule has 5 heteroatoms. The summed E-state index contributed by atoms with van der Waals surface area (Å²) in [6.45, 7) is 0. The van der Waals surface area contributed by atoms with E-state index in [1.165, 1.54) is 6.07 Å². The van der Waals surface area contributed by atoms with Crippen LogP contribution < -0.4 is 0 Å². The molecule has 52 heavy (non-hydrogen) atoms. The third-order valence-electron chi connectivity index (χ3n) is 9.70. The average Bonchev–Trinajstić information content (AvgIpc) is 3.84. The fourth-order valence-electron chi connectivity index (χ4n) is 7.23. The molecule has 0 unspecified atom stereocenters. The van der Waals surface area contributed by atoms with E-state index in [9.17, 15) is 5.48 Å². The highest BCUT2D eigenvalue weighted by atomic mass is 16.3. The van der Waals surface area contributed by atoms with E-state index in [0.717, 1.165) is 43.4 Å². The fourth-order valence-corrected chi connectivity index (χ4v) is 7.23. The number of hydrogen-bond acceptors (Lipinski definition) is 5. The van der Waals surface area contributed by atoms with Crippen molar-refractivity contribution in [2.24, 2.45) is 0 Å². The molecule has 0 aliphatic carbocycles. The molecule has 11 aromatic rings. The first kappa shape index (κ1) is 24.1. The zero-order chi connectivity index (χ0) is 38.5. The number of aromatic nitrogens is 3. The van der Waals surface area contributed by atoms with Crippen molar-refractivity contribution in [3.63, 3.8) is 0 Å². The molecule has 0 spiro atoms. The fraction of sp³-hybridized carbons (Fsp3) is 0. The Morgan fingerprint density at radius 3 is 2.04 bits per heavy atom. The number of hydrogen-bond donors (Lipinski definition) is 0. The lowest BCUT2D eigenvalue weighted by atomic mass is 9.98. The molecule has 3 heterocycles. The molecule has 0 aliphatic rings. The average molecular weight is 671 g/mol. The van der Waals surface area contributed by atoms with Crippen molar-refractivity contribution < 1.29 is 15.7 Å². The zero-order valence-corrected chi connectivity index (χ0v) is 27.4.